The van der Waals surface area contributed by atoms with E-state index in [0.717, 1.165) is 22.4 Å². The first-order valence-electron chi connectivity index (χ1n) is 7.18. The van der Waals surface area contributed by atoms with E-state index in [1.807, 2.05) is 18.3 Å². The van der Waals surface area contributed by atoms with Gasteiger partial charge in [-0.25, -0.2) is 4.98 Å². The Morgan fingerprint density at radius 1 is 1.35 bits per heavy atom. The number of aromatic nitrogens is 2. The van der Waals surface area contributed by atoms with Crippen molar-refractivity contribution in [3.05, 3.63) is 41.1 Å². The first kappa shape index (κ1) is 15.0. The summed E-state index contributed by atoms with van der Waals surface area (Å²) in [4.78, 5) is 12.3. The number of rotatable bonds is 2. The number of nitrogens with two attached hydrogens (primary N) is 1. The fraction of sp³-hybridized carbons (Fsp3) is 0.235. The first-order valence-corrected chi connectivity index (χ1v) is 7.18. The molecule has 0 saturated heterocycles. The van der Waals surface area contributed by atoms with E-state index in [9.17, 15) is 5.11 Å². The molecule has 2 heterocycles. The summed E-state index contributed by atoms with van der Waals surface area (Å²) in [5, 5.41) is 13.0. The number of nitrogens with zero attached hydrogens (tertiary/aromatic N) is 3. The highest BCUT2D eigenvalue weighted by Gasteiger charge is 2.14. The Morgan fingerprint density at radius 3 is 2.91 bits per heavy atom. The molecule has 0 aliphatic carbocycles. The highest BCUT2D eigenvalue weighted by atomic mass is 16.3. The fourth-order valence-corrected chi connectivity index (χ4v) is 2.22. The van der Waals surface area contributed by atoms with Crippen LogP contribution in [0.15, 0.2) is 29.4 Å². The SMILES string of the molecule is CC(C)(O)C#Cc1cc(Nc2ccnc(N)n2)cc2c1CN=C2. The van der Waals surface area contributed by atoms with Gasteiger partial charge in [0.1, 0.15) is 11.4 Å². The van der Waals surface area contributed by atoms with Crippen LogP contribution in [0, 0.1) is 11.8 Å². The second kappa shape index (κ2) is 5.71. The van der Waals surface area contributed by atoms with E-state index >= 15 is 0 Å². The zero-order valence-corrected chi connectivity index (χ0v) is 13.0. The maximum absolute atomic E-state index is 9.81. The molecule has 23 heavy (non-hydrogen) atoms. The number of fused-ring (bicyclic) bond motifs is 1. The lowest BCUT2D eigenvalue weighted by molar-refractivity contribution is 0.143. The molecule has 0 fully saturated rings. The van der Waals surface area contributed by atoms with Gasteiger partial charge in [0.05, 0.1) is 6.54 Å². The lowest BCUT2D eigenvalue weighted by Gasteiger charge is -2.10. The second-order valence-corrected chi connectivity index (χ2v) is 5.80. The molecule has 4 N–H and O–H groups in total. The number of hydrogen-bond donors (Lipinski definition) is 3. The van der Waals surface area contributed by atoms with Crippen LogP contribution < -0.4 is 11.1 Å². The van der Waals surface area contributed by atoms with Crippen LogP contribution in [0.2, 0.25) is 0 Å². The van der Waals surface area contributed by atoms with Gasteiger partial charge in [0.15, 0.2) is 0 Å². The van der Waals surface area contributed by atoms with Gasteiger partial charge >= 0.3 is 0 Å². The average molecular weight is 307 g/mol. The van der Waals surface area contributed by atoms with E-state index in [-0.39, 0.29) is 5.95 Å². The van der Waals surface area contributed by atoms with E-state index in [0.29, 0.717) is 12.4 Å². The molecule has 0 atom stereocenters. The zero-order chi connectivity index (χ0) is 16.4. The predicted molar refractivity (Wildman–Crippen MR) is 90.6 cm³/mol. The van der Waals surface area contributed by atoms with Gasteiger partial charge in [-0.05, 0) is 37.6 Å². The maximum Gasteiger partial charge on any atom is 0.221 e. The summed E-state index contributed by atoms with van der Waals surface area (Å²) >= 11 is 0. The Bertz CT molecular complexity index is 840. The van der Waals surface area contributed by atoms with Crippen LogP contribution in [-0.4, -0.2) is 26.9 Å². The third kappa shape index (κ3) is 3.65. The molecule has 0 amide bonds. The standard InChI is InChI=1S/C17H17N5O/c1-17(2,23)5-3-11-7-13(8-12-9-19-10-14(11)12)21-15-4-6-20-16(18)22-15/h4,6-9,23H,10H2,1-2H3,(H3,18,20,21,22). The molecular weight excluding hydrogens is 290 g/mol. The smallest absolute Gasteiger partial charge is 0.221 e. The van der Waals surface area contributed by atoms with Crippen LogP contribution in [0.3, 0.4) is 0 Å². The molecule has 1 aromatic heterocycles. The van der Waals surface area contributed by atoms with Gasteiger partial charge in [0.2, 0.25) is 5.95 Å². The second-order valence-electron chi connectivity index (χ2n) is 5.80. The van der Waals surface area contributed by atoms with Gasteiger partial charge in [0, 0.05) is 29.2 Å². The zero-order valence-electron chi connectivity index (χ0n) is 13.0. The molecule has 0 bridgehead atoms. The van der Waals surface area contributed by atoms with E-state index in [1.54, 1.807) is 26.1 Å². The van der Waals surface area contributed by atoms with Crippen molar-refractivity contribution in [3.8, 4) is 11.8 Å². The molecule has 1 aliphatic rings. The van der Waals surface area contributed by atoms with Crippen LogP contribution in [0.1, 0.15) is 30.5 Å². The van der Waals surface area contributed by atoms with Crippen LogP contribution in [-0.2, 0) is 6.54 Å². The van der Waals surface area contributed by atoms with Crippen molar-refractivity contribution in [1.29, 1.82) is 0 Å². The number of hydrogen-bond acceptors (Lipinski definition) is 6. The molecular formula is C17H17N5O. The topological polar surface area (TPSA) is 96.4 Å². The lowest BCUT2D eigenvalue weighted by atomic mass is 10.0. The Labute approximate surface area is 134 Å². The van der Waals surface area contributed by atoms with Gasteiger partial charge in [0.25, 0.3) is 0 Å². The maximum atomic E-state index is 9.81. The Morgan fingerprint density at radius 2 is 2.17 bits per heavy atom. The summed E-state index contributed by atoms with van der Waals surface area (Å²) in [6.07, 6.45) is 3.42. The van der Waals surface area contributed by atoms with Crippen molar-refractivity contribution in [2.75, 3.05) is 11.1 Å². The largest absolute Gasteiger partial charge is 0.378 e. The van der Waals surface area contributed by atoms with Gasteiger partial charge in [-0.3, -0.25) is 4.99 Å². The Hall–Kier alpha value is -2.91. The van der Waals surface area contributed by atoms with Gasteiger partial charge in [-0.2, -0.15) is 4.98 Å². The number of nitrogens with one attached hydrogen (secondary N) is 1. The third-order valence-corrected chi connectivity index (χ3v) is 3.21. The highest BCUT2D eigenvalue weighted by Crippen LogP contribution is 2.26. The molecule has 0 spiro atoms. The van der Waals surface area contributed by atoms with Gasteiger partial charge < -0.3 is 16.2 Å². The van der Waals surface area contributed by atoms with Gasteiger partial charge in [-0.1, -0.05) is 11.8 Å². The molecule has 0 saturated carbocycles. The van der Waals surface area contributed by atoms with Crippen LogP contribution in [0.4, 0.5) is 17.5 Å². The highest BCUT2D eigenvalue weighted by molar-refractivity contribution is 5.88. The minimum Gasteiger partial charge on any atom is -0.378 e. The quantitative estimate of drug-likeness (QED) is 0.736. The van der Waals surface area contributed by atoms with E-state index < -0.39 is 5.60 Å². The van der Waals surface area contributed by atoms with Crippen molar-refractivity contribution >= 4 is 23.7 Å². The van der Waals surface area contributed by atoms with Crippen molar-refractivity contribution in [1.82, 2.24) is 9.97 Å². The minimum atomic E-state index is -1.04. The molecule has 116 valence electrons. The van der Waals surface area contributed by atoms with Crippen molar-refractivity contribution in [2.45, 2.75) is 26.0 Å². The molecule has 0 radical (unpaired) electrons. The molecule has 1 aromatic carbocycles. The summed E-state index contributed by atoms with van der Waals surface area (Å²) in [7, 11) is 0. The number of anilines is 3. The number of nitrogen functional groups attached to an aromatic ring is 1. The molecule has 3 rings (SSSR count). The Kier molecular flexibility index (Phi) is 3.72. The molecule has 6 heteroatoms. The predicted octanol–water partition coefficient (Wildman–Crippen LogP) is 1.86. The number of aliphatic imine (C=N–C) groups is 1. The summed E-state index contributed by atoms with van der Waals surface area (Å²) in [6, 6.07) is 5.64. The number of aliphatic hydroxyl groups is 1. The van der Waals surface area contributed by atoms with Gasteiger partial charge in [-0.15, -0.1) is 0 Å². The summed E-state index contributed by atoms with van der Waals surface area (Å²) < 4.78 is 0. The normalized spacial score (nSPS) is 12.5. The minimum absolute atomic E-state index is 0.208. The van der Waals surface area contributed by atoms with Crippen molar-refractivity contribution in [2.24, 2.45) is 4.99 Å². The van der Waals surface area contributed by atoms with Crippen LogP contribution >= 0.6 is 0 Å². The van der Waals surface area contributed by atoms with Crippen molar-refractivity contribution in [3.63, 3.8) is 0 Å². The first-order chi connectivity index (χ1) is 10.9. The summed E-state index contributed by atoms with van der Waals surface area (Å²) in [6.45, 7) is 3.91. The summed E-state index contributed by atoms with van der Waals surface area (Å²) in [5.41, 5.74) is 8.29. The van der Waals surface area contributed by atoms with E-state index in [1.165, 1.54) is 0 Å². The third-order valence-electron chi connectivity index (χ3n) is 3.21. The summed E-state index contributed by atoms with van der Waals surface area (Å²) in [5.74, 6) is 6.70. The molecule has 1 aliphatic heterocycles. The van der Waals surface area contributed by atoms with Crippen molar-refractivity contribution < 1.29 is 5.11 Å². The fourth-order valence-electron chi connectivity index (χ4n) is 2.22. The van der Waals surface area contributed by atoms with E-state index in [4.69, 9.17) is 5.73 Å². The number of benzene rings is 1. The van der Waals surface area contributed by atoms with Crippen LogP contribution in [0.25, 0.3) is 0 Å². The molecule has 6 nitrogen and oxygen atoms in total. The lowest BCUT2D eigenvalue weighted by Crippen LogP contribution is -2.14. The molecule has 2 aromatic rings. The Balaban J connectivity index is 1.98. The monoisotopic (exact) mass is 307 g/mol. The molecule has 0 unspecified atom stereocenters. The van der Waals surface area contributed by atoms with E-state index in [2.05, 4.69) is 32.1 Å². The average Bonchev–Trinajstić information content (AvgIpc) is 2.92. The van der Waals surface area contributed by atoms with Crippen LogP contribution in [0.5, 0.6) is 0 Å².